The van der Waals surface area contributed by atoms with Crippen molar-refractivity contribution in [2.45, 2.75) is 6.92 Å². The molecule has 0 aliphatic carbocycles. The van der Waals surface area contributed by atoms with Crippen LogP contribution in [-0.4, -0.2) is 25.4 Å². The summed E-state index contributed by atoms with van der Waals surface area (Å²) in [7, 11) is 1.66. The van der Waals surface area contributed by atoms with Gasteiger partial charge in [-0.1, -0.05) is 0 Å². The smallest absolute Gasteiger partial charge is 0.121 e. The molecular weight excluding hydrogens is 166 g/mol. The van der Waals surface area contributed by atoms with Gasteiger partial charge < -0.3 is 15.2 Å². The lowest BCUT2D eigenvalue weighted by Gasteiger charge is -2.08. The van der Waals surface area contributed by atoms with Crippen molar-refractivity contribution in [3.05, 3.63) is 23.8 Å². The second-order valence-electron chi connectivity index (χ2n) is 2.83. The highest BCUT2D eigenvalue weighted by Crippen LogP contribution is 2.20. The molecule has 0 aromatic heterocycles. The lowest BCUT2D eigenvalue weighted by molar-refractivity contribution is 0.311. The Morgan fingerprint density at radius 2 is 2.23 bits per heavy atom. The molecule has 0 spiro atoms. The summed E-state index contributed by atoms with van der Waals surface area (Å²) in [4.78, 5) is 0. The van der Waals surface area contributed by atoms with Crippen molar-refractivity contribution >= 4 is 5.69 Å². The molecule has 1 aromatic carbocycles. The Balaban J connectivity index is 2.71. The molecule has 72 valence electrons. The first kappa shape index (κ1) is 9.86. The molecule has 0 amide bonds. The van der Waals surface area contributed by atoms with E-state index in [1.165, 1.54) is 0 Å². The summed E-state index contributed by atoms with van der Waals surface area (Å²) in [5.74, 6) is 0.884. The fraction of sp³-hybridized carbons (Fsp3) is 0.400. The highest BCUT2D eigenvalue weighted by molar-refractivity contribution is 5.50. The normalized spacial score (nSPS) is 9.77. The fourth-order valence-corrected chi connectivity index (χ4v) is 1.19. The van der Waals surface area contributed by atoms with Gasteiger partial charge in [0.2, 0.25) is 0 Å². The molecule has 3 heteroatoms. The van der Waals surface area contributed by atoms with Crippen molar-refractivity contribution in [1.82, 2.24) is 0 Å². The Kier molecular flexibility index (Phi) is 3.58. The molecule has 0 bridgehead atoms. The molecule has 0 heterocycles. The molecule has 0 atom stereocenters. The minimum absolute atomic E-state index is 0.144. The average Bonchev–Trinajstić information content (AvgIpc) is 2.15. The zero-order chi connectivity index (χ0) is 9.68. The predicted octanol–water partition coefficient (Wildman–Crippen LogP) is 1.41. The summed E-state index contributed by atoms with van der Waals surface area (Å²) in [5, 5.41) is 11.7. The zero-order valence-corrected chi connectivity index (χ0v) is 8.00. The standard InChI is InChI=1S/C10H15NO2/c1-8-7-9(11-5-6-12)3-4-10(8)13-2/h3-4,7,11-12H,5-6H2,1-2H3. The van der Waals surface area contributed by atoms with Crippen molar-refractivity contribution in [2.24, 2.45) is 0 Å². The summed E-state index contributed by atoms with van der Waals surface area (Å²) < 4.78 is 5.13. The van der Waals surface area contributed by atoms with E-state index in [1.807, 2.05) is 25.1 Å². The van der Waals surface area contributed by atoms with Crippen LogP contribution in [0.1, 0.15) is 5.56 Å². The molecule has 2 N–H and O–H groups in total. The molecule has 1 aromatic rings. The van der Waals surface area contributed by atoms with Gasteiger partial charge in [0.1, 0.15) is 5.75 Å². The monoisotopic (exact) mass is 181 g/mol. The number of ether oxygens (including phenoxy) is 1. The van der Waals surface area contributed by atoms with Crippen LogP contribution in [0.15, 0.2) is 18.2 Å². The highest BCUT2D eigenvalue weighted by Gasteiger charge is 1.98. The van der Waals surface area contributed by atoms with E-state index in [1.54, 1.807) is 7.11 Å². The maximum atomic E-state index is 8.61. The quantitative estimate of drug-likeness (QED) is 0.738. The first-order valence-corrected chi connectivity index (χ1v) is 4.27. The van der Waals surface area contributed by atoms with Crippen LogP contribution in [-0.2, 0) is 0 Å². The predicted molar refractivity (Wildman–Crippen MR) is 53.3 cm³/mol. The number of hydrogen-bond donors (Lipinski definition) is 2. The molecule has 0 aliphatic heterocycles. The topological polar surface area (TPSA) is 41.5 Å². The Labute approximate surface area is 78.3 Å². The van der Waals surface area contributed by atoms with E-state index in [-0.39, 0.29) is 6.61 Å². The van der Waals surface area contributed by atoms with Gasteiger partial charge in [0.25, 0.3) is 0 Å². The average molecular weight is 181 g/mol. The molecule has 0 fully saturated rings. The van der Waals surface area contributed by atoms with Crippen LogP contribution in [0.2, 0.25) is 0 Å². The van der Waals surface area contributed by atoms with E-state index in [0.717, 1.165) is 17.0 Å². The van der Waals surface area contributed by atoms with E-state index in [0.29, 0.717) is 6.54 Å². The van der Waals surface area contributed by atoms with Crippen LogP contribution in [0.3, 0.4) is 0 Å². The van der Waals surface area contributed by atoms with Crippen molar-refractivity contribution in [3.63, 3.8) is 0 Å². The third-order valence-electron chi connectivity index (χ3n) is 1.84. The second kappa shape index (κ2) is 4.72. The van der Waals surface area contributed by atoms with E-state index in [2.05, 4.69) is 5.32 Å². The molecule has 1 rings (SSSR count). The van der Waals surface area contributed by atoms with Crippen LogP contribution < -0.4 is 10.1 Å². The van der Waals surface area contributed by atoms with E-state index in [9.17, 15) is 0 Å². The van der Waals surface area contributed by atoms with Crippen LogP contribution >= 0.6 is 0 Å². The Morgan fingerprint density at radius 1 is 1.46 bits per heavy atom. The molecule has 0 saturated heterocycles. The molecule has 3 nitrogen and oxygen atoms in total. The molecule has 0 aliphatic rings. The van der Waals surface area contributed by atoms with Gasteiger partial charge in [0.15, 0.2) is 0 Å². The van der Waals surface area contributed by atoms with E-state index in [4.69, 9.17) is 9.84 Å². The van der Waals surface area contributed by atoms with E-state index < -0.39 is 0 Å². The molecular formula is C10H15NO2. The molecule has 0 saturated carbocycles. The highest BCUT2D eigenvalue weighted by atomic mass is 16.5. The first-order chi connectivity index (χ1) is 6.27. The Hall–Kier alpha value is -1.22. The summed E-state index contributed by atoms with van der Waals surface area (Å²) >= 11 is 0. The van der Waals surface area contributed by atoms with Crippen molar-refractivity contribution in [1.29, 1.82) is 0 Å². The molecule has 0 radical (unpaired) electrons. The summed E-state index contributed by atoms with van der Waals surface area (Å²) in [5.41, 5.74) is 2.10. The first-order valence-electron chi connectivity index (χ1n) is 4.27. The van der Waals surface area contributed by atoms with Gasteiger partial charge in [-0.15, -0.1) is 0 Å². The fourth-order valence-electron chi connectivity index (χ4n) is 1.19. The maximum absolute atomic E-state index is 8.61. The number of methoxy groups -OCH3 is 1. The second-order valence-corrected chi connectivity index (χ2v) is 2.83. The number of anilines is 1. The number of hydrogen-bond acceptors (Lipinski definition) is 3. The van der Waals surface area contributed by atoms with Crippen molar-refractivity contribution in [2.75, 3.05) is 25.6 Å². The largest absolute Gasteiger partial charge is 0.496 e. The van der Waals surface area contributed by atoms with E-state index >= 15 is 0 Å². The summed E-state index contributed by atoms with van der Waals surface area (Å²) in [6.45, 7) is 2.71. The lowest BCUT2D eigenvalue weighted by atomic mass is 10.2. The Morgan fingerprint density at radius 3 is 2.77 bits per heavy atom. The third kappa shape index (κ3) is 2.63. The molecule has 0 unspecified atom stereocenters. The van der Waals surface area contributed by atoms with Gasteiger partial charge in [0.05, 0.1) is 13.7 Å². The van der Waals surface area contributed by atoms with Crippen LogP contribution in [0.5, 0.6) is 5.75 Å². The van der Waals surface area contributed by atoms with Crippen LogP contribution in [0.25, 0.3) is 0 Å². The van der Waals surface area contributed by atoms with Crippen LogP contribution in [0.4, 0.5) is 5.69 Å². The van der Waals surface area contributed by atoms with Gasteiger partial charge in [-0.05, 0) is 30.7 Å². The number of nitrogens with one attached hydrogen (secondary N) is 1. The van der Waals surface area contributed by atoms with Gasteiger partial charge in [-0.2, -0.15) is 0 Å². The van der Waals surface area contributed by atoms with Gasteiger partial charge >= 0.3 is 0 Å². The summed E-state index contributed by atoms with van der Waals surface area (Å²) in [6, 6.07) is 5.84. The number of aliphatic hydroxyl groups is 1. The SMILES string of the molecule is COc1ccc(NCCO)cc1C. The molecule has 13 heavy (non-hydrogen) atoms. The number of aryl methyl sites for hydroxylation is 1. The van der Waals surface area contributed by atoms with Gasteiger partial charge in [-0.25, -0.2) is 0 Å². The third-order valence-corrected chi connectivity index (χ3v) is 1.84. The van der Waals surface area contributed by atoms with Crippen molar-refractivity contribution in [3.8, 4) is 5.75 Å². The Bertz CT molecular complexity index is 274. The van der Waals surface area contributed by atoms with Gasteiger partial charge in [0, 0.05) is 12.2 Å². The number of benzene rings is 1. The zero-order valence-electron chi connectivity index (χ0n) is 8.00. The maximum Gasteiger partial charge on any atom is 0.121 e. The minimum atomic E-state index is 0.144. The van der Waals surface area contributed by atoms with Crippen molar-refractivity contribution < 1.29 is 9.84 Å². The van der Waals surface area contributed by atoms with Crippen LogP contribution in [0, 0.1) is 6.92 Å². The lowest BCUT2D eigenvalue weighted by Crippen LogP contribution is -2.05. The van der Waals surface area contributed by atoms with Gasteiger partial charge in [-0.3, -0.25) is 0 Å². The summed E-state index contributed by atoms with van der Waals surface area (Å²) in [6.07, 6.45) is 0. The number of rotatable bonds is 4. The number of aliphatic hydroxyl groups excluding tert-OH is 1. The minimum Gasteiger partial charge on any atom is -0.496 e.